The summed E-state index contributed by atoms with van der Waals surface area (Å²) < 4.78 is 0. The molecule has 3 nitrogen and oxygen atoms in total. The van der Waals surface area contributed by atoms with Crippen molar-refractivity contribution in [2.45, 2.75) is 26.0 Å². The average Bonchev–Trinajstić information content (AvgIpc) is 2.10. The number of nitrogens with two attached hydrogens (primary N) is 1. The molecule has 1 aliphatic heterocycles. The zero-order valence-electron chi connectivity index (χ0n) is 7.33. The standard InChI is InChI=1S/C8H18N2O/c1-6(2)3-10-4-7(9)8(11)5-10/h6-8,11H,3-5,9H2,1-2H3. The molecule has 3 N–H and O–H groups in total. The summed E-state index contributed by atoms with van der Waals surface area (Å²) in [6.07, 6.45) is -0.311. The van der Waals surface area contributed by atoms with E-state index in [4.69, 9.17) is 5.73 Å². The molecule has 0 bridgehead atoms. The molecule has 0 aliphatic carbocycles. The van der Waals surface area contributed by atoms with Crippen LogP contribution in [-0.2, 0) is 0 Å². The molecular formula is C8H18N2O. The van der Waals surface area contributed by atoms with Gasteiger partial charge in [0.15, 0.2) is 0 Å². The predicted octanol–water partition coefficient (Wildman–Crippen LogP) is -0.354. The first-order valence-corrected chi connectivity index (χ1v) is 4.25. The highest BCUT2D eigenvalue weighted by atomic mass is 16.3. The first-order chi connectivity index (χ1) is 5.09. The van der Waals surface area contributed by atoms with E-state index in [9.17, 15) is 5.11 Å². The van der Waals surface area contributed by atoms with Crippen molar-refractivity contribution in [1.29, 1.82) is 0 Å². The first-order valence-electron chi connectivity index (χ1n) is 4.25. The van der Waals surface area contributed by atoms with E-state index in [1.54, 1.807) is 0 Å². The Morgan fingerprint density at radius 3 is 2.55 bits per heavy atom. The number of nitrogens with zero attached hydrogens (tertiary/aromatic N) is 1. The molecule has 11 heavy (non-hydrogen) atoms. The van der Waals surface area contributed by atoms with Crippen LogP contribution in [0.4, 0.5) is 0 Å². The van der Waals surface area contributed by atoms with Gasteiger partial charge in [-0.05, 0) is 5.92 Å². The summed E-state index contributed by atoms with van der Waals surface area (Å²) in [5.74, 6) is 0.660. The van der Waals surface area contributed by atoms with Crippen molar-refractivity contribution in [3.8, 4) is 0 Å². The van der Waals surface area contributed by atoms with E-state index in [2.05, 4.69) is 18.7 Å². The average molecular weight is 158 g/mol. The highest BCUT2D eigenvalue weighted by molar-refractivity contribution is 4.86. The molecule has 1 aliphatic rings. The molecule has 1 saturated heterocycles. The quantitative estimate of drug-likeness (QED) is 0.577. The molecule has 0 radical (unpaired) electrons. The van der Waals surface area contributed by atoms with Crippen LogP contribution in [-0.4, -0.2) is 41.8 Å². The van der Waals surface area contributed by atoms with E-state index < -0.39 is 0 Å². The maximum absolute atomic E-state index is 9.31. The van der Waals surface area contributed by atoms with Crippen LogP contribution in [0.15, 0.2) is 0 Å². The fourth-order valence-electron chi connectivity index (χ4n) is 1.56. The molecule has 1 rings (SSSR count). The van der Waals surface area contributed by atoms with E-state index in [1.165, 1.54) is 0 Å². The lowest BCUT2D eigenvalue weighted by molar-refractivity contribution is 0.162. The van der Waals surface area contributed by atoms with Crippen LogP contribution < -0.4 is 5.73 Å². The fraction of sp³-hybridized carbons (Fsp3) is 1.00. The third kappa shape index (κ3) is 2.43. The van der Waals surface area contributed by atoms with Crippen LogP contribution in [0.2, 0.25) is 0 Å². The van der Waals surface area contributed by atoms with Crippen LogP contribution in [0.5, 0.6) is 0 Å². The van der Waals surface area contributed by atoms with Gasteiger partial charge in [0.2, 0.25) is 0 Å². The zero-order valence-corrected chi connectivity index (χ0v) is 7.33. The molecule has 1 fully saturated rings. The third-order valence-electron chi connectivity index (χ3n) is 2.03. The molecule has 2 unspecified atom stereocenters. The number of hydrogen-bond acceptors (Lipinski definition) is 3. The van der Waals surface area contributed by atoms with E-state index in [0.29, 0.717) is 5.92 Å². The largest absolute Gasteiger partial charge is 0.390 e. The molecule has 0 spiro atoms. The van der Waals surface area contributed by atoms with E-state index in [-0.39, 0.29) is 12.1 Å². The number of rotatable bonds is 2. The van der Waals surface area contributed by atoms with Crippen molar-refractivity contribution in [3.05, 3.63) is 0 Å². The second-order valence-electron chi connectivity index (χ2n) is 3.84. The fourth-order valence-corrected chi connectivity index (χ4v) is 1.56. The molecule has 0 aromatic heterocycles. The smallest absolute Gasteiger partial charge is 0.0830 e. The summed E-state index contributed by atoms with van der Waals surface area (Å²) in [7, 11) is 0. The number of likely N-dealkylation sites (tertiary alicyclic amines) is 1. The molecule has 66 valence electrons. The maximum Gasteiger partial charge on any atom is 0.0830 e. The van der Waals surface area contributed by atoms with Crippen LogP contribution in [0.1, 0.15) is 13.8 Å². The van der Waals surface area contributed by atoms with Gasteiger partial charge in [-0.15, -0.1) is 0 Å². The summed E-state index contributed by atoms with van der Waals surface area (Å²) in [6.45, 7) is 7.00. The minimum Gasteiger partial charge on any atom is -0.390 e. The molecule has 0 aromatic carbocycles. The topological polar surface area (TPSA) is 49.5 Å². The van der Waals surface area contributed by atoms with Crippen molar-refractivity contribution < 1.29 is 5.11 Å². The molecule has 2 atom stereocenters. The van der Waals surface area contributed by atoms with Gasteiger partial charge in [-0.1, -0.05) is 13.8 Å². The zero-order chi connectivity index (χ0) is 8.43. The summed E-state index contributed by atoms with van der Waals surface area (Å²) >= 11 is 0. The van der Waals surface area contributed by atoms with Crippen LogP contribution in [0.3, 0.4) is 0 Å². The minimum atomic E-state index is -0.311. The number of aliphatic hydroxyl groups is 1. The molecule has 0 aromatic rings. The van der Waals surface area contributed by atoms with Gasteiger partial charge in [-0.3, -0.25) is 4.90 Å². The van der Waals surface area contributed by atoms with Crippen molar-refractivity contribution in [3.63, 3.8) is 0 Å². The maximum atomic E-state index is 9.31. The number of hydrogen-bond donors (Lipinski definition) is 2. The molecule has 0 saturated carbocycles. The molecular weight excluding hydrogens is 140 g/mol. The predicted molar refractivity (Wildman–Crippen MR) is 45.3 cm³/mol. The highest BCUT2D eigenvalue weighted by Gasteiger charge is 2.27. The van der Waals surface area contributed by atoms with Crippen molar-refractivity contribution in [1.82, 2.24) is 4.90 Å². The summed E-state index contributed by atoms with van der Waals surface area (Å²) in [6, 6.07) is -0.0336. The number of β-amino-alcohol motifs (C(OH)–C–C–N with tert-alkyl or cyclic N) is 1. The van der Waals surface area contributed by atoms with Gasteiger partial charge in [0, 0.05) is 25.7 Å². The number of aliphatic hydroxyl groups excluding tert-OH is 1. The third-order valence-corrected chi connectivity index (χ3v) is 2.03. The van der Waals surface area contributed by atoms with Crippen LogP contribution >= 0.6 is 0 Å². The van der Waals surface area contributed by atoms with Gasteiger partial charge in [0.25, 0.3) is 0 Å². The van der Waals surface area contributed by atoms with Gasteiger partial charge >= 0.3 is 0 Å². The van der Waals surface area contributed by atoms with Gasteiger partial charge in [-0.25, -0.2) is 0 Å². The Morgan fingerprint density at radius 1 is 1.55 bits per heavy atom. The summed E-state index contributed by atoms with van der Waals surface area (Å²) in [5, 5.41) is 9.31. The Labute approximate surface area is 68.2 Å². The van der Waals surface area contributed by atoms with Gasteiger partial charge in [0.05, 0.1) is 6.10 Å². The van der Waals surface area contributed by atoms with E-state index in [0.717, 1.165) is 19.6 Å². The van der Waals surface area contributed by atoms with Gasteiger partial charge in [0.1, 0.15) is 0 Å². The van der Waals surface area contributed by atoms with Crippen molar-refractivity contribution in [2.75, 3.05) is 19.6 Å². The van der Waals surface area contributed by atoms with Crippen molar-refractivity contribution >= 4 is 0 Å². The Balaban J connectivity index is 2.29. The minimum absolute atomic E-state index is 0.0336. The highest BCUT2D eigenvalue weighted by Crippen LogP contribution is 2.09. The summed E-state index contributed by atoms with van der Waals surface area (Å²) in [5.41, 5.74) is 5.65. The normalized spacial score (nSPS) is 33.5. The Kier molecular flexibility index (Phi) is 2.87. The SMILES string of the molecule is CC(C)CN1CC(N)C(O)C1. The lowest BCUT2D eigenvalue weighted by Crippen LogP contribution is -2.33. The van der Waals surface area contributed by atoms with Gasteiger partial charge in [-0.2, -0.15) is 0 Å². The van der Waals surface area contributed by atoms with Crippen LogP contribution in [0, 0.1) is 5.92 Å². The van der Waals surface area contributed by atoms with Crippen molar-refractivity contribution in [2.24, 2.45) is 11.7 Å². The Morgan fingerprint density at radius 2 is 2.18 bits per heavy atom. The Bertz CT molecular complexity index is 115. The second-order valence-corrected chi connectivity index (χ2v) is 3.84. The molecule has 0 amide bonds. The Hall–Kier alpha value is -0.120. The van der Waals surface area contributed by atoms with E-state index >= 15 is 0 Å². The monoisotopic (exact) mass is 158 g/mol. The summed E-state index contributed by atoms with van der Waals surface area (Å²) in [4.78, 5) is 2.22. The van der Waals surface area contributed by atoms with Crippen LogP contribution in [0.25, 0.3) is 0 Å². The van der Waals surface area contributed by atoms with E-state index in [1.807, 2.05) is 0 Å². The first kappa shape index (κ1) is 8.97. The molecule has 1 heterocycles. The lowest BCUT2D eigenvalue weighted by atomic mass is 10.2. The lowest BCUT2D eigenvalue weighted by Gasteiger charge is -2.16. The molecule has 3 heteroatoms. The van der Waals surface area contributed by atoms with Gasteiger partial charge < -0.3 is 10.8 Å². The second kappa shape index (κ2) is 3.52.